The van der Waals surface area contributed by atoms with Crippen molar-refractivity contribution in [2.45, 2.75) is 51.8 Å². The second-order valence-corrected chi connectivity index (χ2v) is 9.22. The van der Waals surface area contributed by atoms with E-state index in [1.165, 1.54) is 23.5 Å². The summed E-state index contributed by atoms with van der Waals surface area (Å²) in [6.45, 7) is 5.97. The highest BCUT2D eigenvalue weighted by Gasteiger charge is 2.30. The summed E-state index contributed by atoms with van der Waals surface area (Å²) >= 11 is 1.41. The van der Waals surface area contributed by atoms with E-state index in [9.17, 15) is 18.0 Å². The molecule has 1 unspecified atom stereocenters. The molecule has 0 fully saturated rings. The third-order valence-electron chi connectivity index (χ3n) is 5.44. The topological polar surface area (TPSA) is 59.4 Å². The van der Waals surface area contributed by atoms with E-state index in [2.05, 4.69) is 0 Å². The van der Waals surface area contributed by atoms with Gasteiger partial charge in [-0.15, -0.1) is 11.3 Å². The lowest BCUT2D eigenvalue weighted by Crippen LogP contribution is -2.07. The number of carbonyl (C=O) groups is 1. The van der Waals surface area contributed by atoms with Crippen molar-refractivity contribution in [1.82, 2.24) is 4.98 Å². The minimum absolute atomic E-state index is 0.0662. The van der Waals surface area contributed by atoms with E-state index in [0.717, 1.165) is 39.4 Å². The predicted octanol–water partition coefficient (Wildman–Crippen LogP) is 7.01. The van der Waals surface area contributed by atoms with Gasteiger partial charge in [-0.2, -0.15) is 13.2 Å². The first-order valence-electron chi connectivity index (χ1n) is 10.5. The summed E-state index contributed by atoms with van der Waals surface area (Å²) in [6.07, 6.45) is -4.26. The van der Waals surface area contributed by atoms with Crippen molar-refractivity contribution in [3.05, 3.63) is 75.3 Å². The molecule has 2 aromatic carbocycles. The number of alkyl halides is 3. The number of aromatic nitrogens is 1. The monoisotopic (exact) mass is 477 g/mol. The lowest BCUT2D eigenvalue weighted by Gasteiger charge is -2.18. The Labute approximate surface area is 195 Å². The third-order valence-corrected chi connectivity index (χ3v) is 6.60. The highest BCUT2D eigenvalue weighted by atomic mass is 32.1. The second kappa shape index (κ2) is 10.1. The first-order valence-corrected chi connectivity index (χ1v) is 11.3. The summed E-state index contributed by atoms with van der Waals surface area (Å²) in [7, 11) is 1.61. The predicted molar refractivity (Wildman–Crippen MR) is 123 cm³/mol. The Hall–Kier alpha value is -2.71. The Morgan fingerprint density at radius 2 is 1.82 bits per heavy atom. The number of aryl methyl sites for hydroxylation is 2. The molecule has 4 nitrogen and oxygen atoms in total. The molecule has 3 aromatic rings. The fraction of sp³-hybridized carbons (Fsp3) is 0.360. The van der Waals surface area contributed by atoms with Crippen LogP contribution in [-0.4, -0.2) is 23.2 Å². The number of benzene rings is 2. The largest absolute Gasteiger partial charge is 0.481 e. The number of halogens is 3. The SMILES string of the molecule is COC(c1ccc(CCC(=O)O)c(C)c1)c1sc(-c2ccc(C(F)(F)F)cc2)nc1C(C)C. The molecule has 0 saturated carbocycles. The zero-order valence-electron chi connectivity index (χ0n) is 18.9. The van der Waals surface area contributed by atoms with Gasteiger partial charge >= 0.3 is 12.1 Å². The molecule has 0 saturated heterocycles. The van der Waals surface area contributed by atoms with Crippen LogP contribution in [0, 0.1) is 6.92 Å². The number of carboxylic acid groups (broad SMARTS) is 1. The maximum atomic E-state index is 12.9. The second-order valence-electron chi connectivity index (χ2n) is 8.19. The van der Waals surface area contributed by atoms with E-state index in [0.29, 0.717) is 17.0 Å². The molecular weight excluding hydrogens is 451 g/mol. The van der Waals surface area contributed by atoms with Gasteiger partial charge < -0.3 is 9.84 Å². The molecule has 0 spiro atoms. The van der Waals surface area contributed by atoms with Gasteiger partial charge in [-0.25, -0.2) is 4.98 Å². The maximum absolute atomic E-state index is 12.9. The van der Waals surface area contributed by atoms with E-state index in [1.807, 2.05) is 39.0 Å². The molecule has 176 valence electrons. The molecule has 0 aliphatic carbocycles. The van der Waals surface area contributed by atoms with Crippen LogP contribution in [0.25, 0.3) is 10.6 Å². The standard InChI is InChI=1S/C25H26F3NO3S/c1-14(2)21-23(33-24(29-21)17-7-10-19(11-8-17)25(26,27)28)22(32-4)18-6-5-16(15(3)13-18)9-12-20(30)31/h5-8,10-11,13-14,22H,9,12H2,1-4H3,(H,30,31). The van der Waals surface area contributed by atoms with E-state index >= 15 is 0 Å². The van der Waals surface area contributed by atoms with Crippen molar-refractivity contribution < 1.29 is 27.8 Å². The van der Waals surface area contributed by atoms with Crippen LogP contribution in [0.15, 0.2) is 42.5 Å². The molecule has 1 N–H and O–H groups in total. The van der Waals surface area contributed by atoms with Crippen LogP contribution in [0.5, 0.6) is 0 Å². The van der Waals surface area contributed by atoms with Gasteiger partial charge in [0.05, 0.1) is 16.1 Å². The summed E-state index contributed by atoms with van der Waals surface area (Å²) in [5, 5.41) is 9.59. The summed E-state index contributed by atoms with van der Waals surface area (Å²) in [4.78, 5) is 16.5. The lowest BCUT2D eigenvalue weighted by molar-refractivity contribution is -0.138. The molecule has 0 amide bonds. The molecular formula is C25H26F3NO3S. The molecule has 1 heterocycles. The molecule has 1 aromatic heterocycles. The van der Waals surface area contributed by atoms with Crippen LogP contribution >= 0.6 is 11.3 Å². The van der Waals surface area contributed by atoms with Gasteiger partial charge in [-0.05, 0) is 48.1 Å². The van der Waals surface area contributed by atoms with E-state index < -0.39 is 23.8 Å². The van der Waals surface area contributed by atoms with Crippen LogP contribution in [0.3, 0.4) is 0 Å². The third kappa shape index (κ3) is 5.81. The Morgan fingerprint density at radius 3 is 2.33 bits per heavy atom. The Morgan fingerprint density at radius 1 is 1.15 bits per heavy atom. The molecule has 1 atom stereocenters. The van der Waals surface area contributed by atoms with Gasteiger partial charge in [0.15, 0.2) is 0 Å². The van der Waals surface area contributed by atoms with Crippen molar-refractivity contribution in [3.8, 4) is 10.6 Å². The van der Waals surface area contributed by atoms with E-state index in [-0.39, 0.29) is 12.3 Å². The lowest BCUT2D eigenvalue weighted by atomic mass is 9.96. The molecule has 0 radical (unpaired) electrons. The van der Waals surface area contributed by atoms with Gasteiger partial charge in [-0.3, -0.25) is 4.79 Å². The molecule has 33 heavy (non-hydrogen) atoms. The molecule has 0 aliphatic rings. The van der Waals surface area contributed by atoms with Crippen molar-refractivity contribution >= 4 is 17.3 Å². The Kier molecular flexibility index (Phi) is 7.59. The number of carboxylic acids is 1. The number of thiazole rings is 1. The molecule has 3 rings (SSSR count). The van der Waals surface area contributed by atoms with Crippen molar-refractivity contribution in [3.63, 3.8) is 0 Å². The zero-order valence-corrected chi connectivity index (χ0v) is 19.7. The first kappa shape index (κ1) is 24.9. The fourth-order valence-electron chi connectivity index (χ4n) is 3.67. The summed E-state index contributed by atoms with van der Waals surface area (Å²) < 4.78 is 44.6. The average Bonchev–Trinajstić information content (AvgIpc) is 3.18. The van der Waals surface area contributed by atoms with E-state index in [4.69, 9.17) is 14.8 Å². The van der Waals surface area contributed by atoms with Crippen LogP contribution in [0.2, 0.25) is 0 Å². The van der Waals surface area contributed by atoms with Gasteiger partial charge in [0.1, 0.15) is 11.1 Å². The fourth-order valence-corrected chi connectivity index (χ4v) is 5.00. The van der Waals surface area contributed by atoms with Crippen LogP contribution in [0.4, 0.5) is 13.2 Å². The van der Waals surface area contributed by atoms with Crippen molar-refractivity contribution in [1.29, 1.82) is 0 Å². The highest BCUT2D eigenvalue weighted by molar-refractivity contribution is 7.15. The van der Waals surface area contributed by atoms with Crippen LogP contribution in [-0.2, 0) is 22.1 Å². The Bertz CT molecular complexity index is 1120. The van der Waals surface area contributed by atoms with Crippen molar-refractivity contribution in [2.24, 2.45) is 0 Å². The first-order chi connectivity index (χ1) is 15.5. The number of hydrogen-bond donors (Lipinski definition) is 1. The van der Waals surface area contributed by atoms with Crippen LogP contribution < -0.4 is 0 Å². The van der Waals surface area contributed by atoms with E-state index in [1.54, 1.807) is 7.11 Å². The maximum Gasteiger partial charge on any atom is 0.416 e. The van der Waals surface area contributed by atoms with Crippen LogP contribution in [0.1, 0.15) is 65.1 Å². The number of aliphatic carboxylic acids is 1. The summed E-state index contributed by atoms with van der Waals surface area (Å²) in [6, 6.07) is 10.9. The van der Waals surface area contributed by atoms with Gasteiger partial charge in [0.25, 0.3) is 0 Å². The number of nitrogens with zero attached hydrogens (tertiary/aromatic N) is 1. The highest BCUT2D eigenvalue weighted by Crippen LogP contribution is 2.40. The zero-order chi connectivity index (χ0) is 24.3. The van der Waals surface area contributed by atoms with Gasteiger partial charge in [0.2, 0.25) is 0 Å². The van der Waals surface area contributed by atoms with Crippen molar-refractivity contribution in [2.75, 3.05) is 7.11 Å². The number of rotatable bonds is 8. The number of hydrogen-bond acceptors (Lipinski definition) is 4. The minimum atomic E-state index is -4.38. The van der Waals surface area contributed by atoms with Gasteiger partial charge in [-0.1, -0.05) is 44.2 Å². The normalized spacial score (nSPS) is 12.8. The summed E-state index contributed by atoms with van der Waals surface area (Å²) in [5.74, 6) is -0.747. The molecule has 8 heteroatoms. The molecule has 0 bridgehead atoms. The quantitative estimate of drug-likeness (QED) is 0.379. The smallest absolute Gasteiger partial charge is 0.416 e. The number of ether oxygens (including phenoxy) is 1. The Balaban J connectivity index is 1.97. The number of methoxy groups -OCH3 is 1. The summed E-state index contributed by atoms with van der Waals surface area (Å²) in [5.41, 5.74) is 3.63. The minimum Gasteiger partial charge on any atom is -0.481 e. The average molecular weight is 478 g/mol. The molecule has 0 aliphatic heterocycles. The van der Waals surface area contributed by atoms with Gasteiger partial charge in [0, 0.05) is 19.1 Å².